The van der Waals surface area contributed by atoms with E-state index in [1.165, 1.54) is 11.4 Å². The van der Waals surface area contributed by atoms with Gasteiger partial charge >= 0.3 is 0 Å². The summed E-state index contributed by atoms with van der Waals surface area (Å²) in [5, 5.41) is 7.19. The second-order valence-electron chi connectivity index (χ2n) is 6.94. The third kappa shape index (κ3) is 6.44. The van der Waals surface area contributed by atoms with Crippen molar-refractivity contribution in [2.75, 3.05) is 24.2 Å². The van der Waals surface area contributed by atoms with Gasteiger partial charge in [-0.15, -0.1) is 0 Å². The number of nitrogens with one attached hydrogen (secondary N) is 1. The van der Waals surface area contributed by atoms with Crippen LogP contribution in [0.3, 0.4) is 0 Å². The molecule has 1 amide bonds. The first-order chi connectivity index (χ1) is 15.3. The van der Waals surface area contributed by atoms with Gasteiger partial charge in [-0.25, -0.2) is 8.42 Å². The Balaban J connectivity index is 1.51. The zero-order chi connectivity index (χ0) is 23.1. The third-order valence-corrected chi connectivity index (χ3v) is 5.96. The van der Waals surface area contributed by atoms with Crippen LogP contribution in [0.5, 0.6) is 5.75 Å². The highest BCUT2D eigenvalue weighted by molar-refractivity contribution is 7.92. The number of rotatable bonds is 10. The summed E-state index contributed by atoms with van der Waals surface area (Å²) in [6.07, 6.45) is 1.59. The molecule has 3 aromatic rings. The van der Waals surface area contributed by atoms with Gasteiger partial charge in [-0.1, -0.05) is 22.8 Å². The Morgan fingerprint density at radius 1 is 1.22 bits per heavy atom. The minimum Gasteiger partial charge on any atom is -0.497 e. The summed E-state index contributed by atoms with van der Waals surface area (Å²) in [4.78, 5) is 16.4. The molecule has 0 fully saturated rings. The number of aromatic nitrogens is 2. The Bertz CT molecular complexity index is 1160. The standard InChI is InChI=1S/C21H23ClN4O5S/c1-30-18-6-3-5-17(13-18)26(32(2,28)29)12-4-7-19(27)23-14-20-24-21(25-31-20)15-8-10-16(22)11-9-15/h3,5-6,8-11,13H,4,7,12,14H2,1-2H3,(H,23,27). The Morgan fingerprint density at radius 3 is 2.66 bits per heavy atom. The van der Waals surface area contributed by atoms with E-state index in [2.05, 4.69) is 15.5 Å². The number of carbonyl (C=O) groups excluding carboxylic acids is 1. The van der Waals surface area contributed by atoms with Crippen molar-refractivity contribution in [3.8, 4) is 17.1 Å². The molecule has 0 aliphatic rings. The van der Waals surface area contributed by atoms with E-state index in [1.54, 1.807) is 48.5 Å². The van der Waals surface area contributed by atoms with Crippen molar-refractivity contribution in [2.24, 2.45) is 0 Å². The van der Waals surface area contributed by atoms with Gasteiger partial charge in [0, 0.05) is 29.6 Å². The molecule has 1 heterocycles. The average molecular weight is 479 g/mol. The normalized spacial score (nSPS) is 11.2. The first kappa shape index (κ1) is 23.6. The molecule has 9 nitrogen and oxygen atoms in total. The topological polar surface area (TPSA) is 115 Å². The van der Waals surface area contributed by atoms with Crippen LogP contribution in [-0.4, -0.2) is 44.4 Å². The van der Waals surface area contributed by atoms with E-state index in [9.17, 15) is 13.2 Å². The maximum atomic E-state index is 12.2. The zero-order valence-electron chi connectivity index (χ0n) is 17.6. The second kappa shape index (κ2) is 10.5. The summed E-state index contributed by atoms with van der Waals surface area (Å²) in [6.45, 7) is 0.228. The minimum absolute atomic E-state index is 0.0745. The van der Waals surface area contributed by atoms with Crippen LogP contribution >= 0.6 is 11.6 Å². The summed E-state index contributed by atoms with van der Waals surface area (Å²) < 4.78 is 36.0. The van der Waals surface area contributed by atoms with Gasteiger partial charge in [0.2, 0.25) is 27.6 Å². The highest BCUT2D eigenvalue weighted by Gasteiger charge is 2.18. The Labute approximate surface area is 191 Å². The van der Waals surface area contributed by atoms with Gasteiger partial charge in [0.15, 0.2) is 0 Å². The molecule has 0 aliphatic carbocycles. The summed E-state index contributed by atoms with van der Waals surface area (Å²) in [7, 11) is -2.01. The molecule has 3 rings (SSSR count). The molecule has 0 aliphatic heterocycles. The molecule has 32 heavy (non-hydrogen) atoms. The van der Waals surface area contributed by atoms with Gasteiger partial charge in [0.05, 0.1) is 25.6 Å². The number of amides is 1. The molecule has 1 aromatic heterocycles. The van der Waals surface area contributed by atoms with E-state index in [0.29, 0.717) is 28.7 Å². The van der Waals surface area contributed by atoms with Crippen molar-refractivity contribution >= 4 is 33.2 Å². The number of benzene rings is 2. The molecule has 0 spiro atoms. The maximum Gasteiger partial charge on any atom is 0.246 e. The number of hydrogen-bond acceptors (Lipinski definition) is 7. The lowest BCUT2D eigenvalue weighted by atomic mass is 10.2. The van der Waals surface area contributed by atoms with E-state index in [0.717, 1.165) is 11.8 Å². The van der Waals surface area contributed by atoms with Gasteiger partial charge in [0.25, 0.3) is 0 Å². The monoisotopic (exact) mass is 478 g/mol. The van der Waals surface area contributed by atoms with Crippen molar-refractivity contribution < 1.29 is 22.5 Å². The van der Waals surface area contributed by atoms with Gasteiger partial charge in [-0.3, -0.25) is 9.10 Å². The van der Waals surface area contributed by atoms with Crippen LogP contribution in [0.4, 0.5) is 5.69 Å². The van der Waals surface area contributed by atoms with Gasteiger partial charge in [0.1, 0.15) is 5.75 Å². The summed E-state index contributed by atoms with van der Waals surface area (Å²) in [5.74, 6) is 0.951. The van der Waals surface area contributed by atoms with Crippen LogP contribution in [0, 0.1) is 0 Å². The molecule has 0 bridgehead atoms. The van der Waals surface area contributed by atoms with Crippen LogP contribution < -0.4 is 14.4 Å². The summed E-state index contributed by atoms with van der Waals surface area (Å²) >= 11 is 5.87. The lowest BCUT2D eigenvalue weighted by molar-refractivity contribution is -0.121. The van der Waals surface area contributed by atoms with E-state index in [-0.39, 0.29) is 31.3 Å². The second-order valence-corrected chi connectivity index (χ2v) is 9.28. The fourth-order valence-corrected chi connectivity index (χ4v) is 4.02. The lowest BCUT2D eigenvalue weighted by Crippen LogP contribution is -2.32. The minimum atomic E-state index is -3.52. The molecular weight excluding hydrogens is 456 g/mol. The number of sulfonamides is 1. The quantitative estimate of drug-likeness (QED) is 0.475. The molecule has 0 saturated carbocycles. The van der Waals surface area contributed by atoms with E-state index in [4.69, 9.17) is 20.9 Å². The summed E-state index contributed by atoms with van der Waals surface area (Å²) in [5.41, 5.74) is 1.22. The van der Waals surface area contributed by atoms with Crippen LogP contribution in [0.25, 0.3) is 11.4 Å². The van der Waals surface area contributed by atoms with Gasteiger partial charge < -0.3 is 14.6 Å². The number of anilines is 1. The molecule has 0 radical (unpaired) electrons. The molecule has 11 heteroatoms. The number of hydrogen-bond donors (Lipinski definition) is 1. The van der Waals surface area contributed by atoms with E-state index >= 15 is 0 Å². The smallest absolute Gasteiger partial charge is 0.246 e. The summed E-state index contributed by atoms with van der Waals surface area (Å²) in [6, 6.07) is 13.7. The van der Waals surface area contributed by atoms with Gasteiger partial charge in [-0.05, 0) is 42.8 Å². The van der Waals surface area contributed by atoms with Crippen LogP contribution in [0.1, 0.15) is 18.7 Å². The van der Waals surface area contributed by atoms with Gasteiger partial charge in [-0.2, -0.15) is 4.98 Å². The number of methoxy groups -OCH3 is 1. The average Bonchev–Trinajstić information content (AvgIpc) is 3.24. The van der Waals surface area contributed by atoms with Crippen molar-refractivity contribution in [3.05, 3.63) is 59.4 Å². The highest BCUT2D eigenvalue weighted by Crippen LogP contribution is 2.23. The molecule has 2 aromatic carbocycles. The Morgan fingerprint density at radius 2 is 1.97 bits per heavy atom. The predicted octanol–water partition coefficient (Wildman–Crippen LogP) is 3.26. The molecule has 0 saturated heterocycles. The van der Waals surface area contributed by atoms with Crippen molar-refractivity contribution in [1.29, 1.82) is 0 Å². The molecule has 1 N–H and O–H groups in total. The Hall–Kier alpha value is -3.11. The molecule has 0 unspecified atom stereocenters. The Kier molecular flexibility index (Phi) is 7.70. The van der Waals surface area contributed by atoms with Crippen molar-refractivity contribution in [2.45, 2.75) is 19.4 Å². The first-order valence-corrected chi connectivity index (χ1v) is 12.0. The van der Waals surface area contributed by atoms with Crippen LogP contribution in [0.15, 0.2) is 53.1 Å². The first-order valence-electron chi connectivity index (χ1n) is 9.73. The number of nitrogens with zero attached hydrogens (tertiary/aromatic N) is 3. The SMILES string of the molecule is COc1cccc(N(CCCC(=O)NCc2nc(-c3ccc(Cl)cc3)no2)S(C)(=O)=O)c1. The maximum absolute atomic E-state index is 12.2. The van der Waals surface area contributed by atoms with E-state index < -0.39 is 10.0 Å². The molecule has 0 atom stereocenters. The molecule has 170 valence electrons. The van der Waals surface area contributed by atoms with Crippen LogP contribution in [-0.2, 0) is 21.4 Å². The fraction of sp³-hybridized carbons (Fsp3) is 0.286. The lowest BCUT2D eigenvalue weighted by Gasteiger charge is -2.22. The van der Waals surface area contributed by atoms with E-state index in [1.807, 2.05) is 0 Å². The van der Waals surface area contributed by atoms with Crippen molar-refractivity contribution in [1.82, 2.24) is 15.5 Å². The largest absolute Gasteiger partial charge is 0.497 e. The van der Waals surface area contributed by atoms with Crippen molar-refractivity contribution in [3.63, 3.8) is 0 Å². The number of ether oxygens (including phenoxy) is 1. The molecular formula is C21H23ClN4O5S. The highest BCUT2D eigenvalue weighted by atomic mass is 35.5. The number of carbonyl (C=O) groups is 1. The predicted molar refractivity (Wildman–Crippen MR) is 121 cm³/mol. The van der Waals surface area contributed by atoms with Crippen LogP contribution in [0.2, 0.25) is 5.02 Å². The number of halogens is 1. The zero-order valence-corrected chi connectivity index (χ0v) is 19.2. The third-order valence-electron chi connectivity index (χ3n) is 4.51. The fourth-order valence-electron chi connectivity index (χ4n) is 2.94.